The van der Waals surface area contributed by atoms with Crippen LogP contribution in [0.4, 0.5) is 10.5 Å². The van der Waals surface area contributed by atoms with Crippen LogP contribution in [0.15, 0.2) is 48.5 Å². The van der Waals surface area contributed by atoms with Gasteiger partial charge in [-0.3, -0.25) is 4.79 Å². The molecule has 2 amide bonds. The first-order valence-corrected chi connectivity index (χ1v) is 13.1. The van der Waals surface area contributed by atoms with Gasteiger partial charge in [0.25, 0.3) is 0 Å². The summed E-state index contributed by atoms with van der Waals surface area (Å²) in [6.07, 6.45) is 1.14. The molecule has 1 N–H and O–H groups in total. The van der Waals surface area contributed by atoms with Gasteiger partial charge in [-0.25, -0.2) is 4.79 Å². The van der Waals surface area contributed by atoms with Crippen LogP contribution in [0.2, 0.25) is 0 Å². The average Bonchev–Trinajstić information content (AvgIpc) is 2.86. The monoisotopic (exact) mass is 504 g/mol. The van der Waals surface area contributed by atoms with Gasteiger partial charge < -0.3 is 19.9 Å². The molecule has 1 unspecified atom stereocenters. The van der Waals surface area contributed by atoms with Crippen molar-refractivity contribution in [2.45, 2.75) is 53.1 Å². The minimum Gasteiger partial charge on any atom is -0.444 e. The van der Waals surface area contributed by atoms with Gasteiger partial charge >= 0.3 is 6.09 Å². The minimum absolute atomic E-state index is 0.0303. The molecule has 0 aliphatic carbocycles. The van der Waals surface area contributed by atoms with E-state index in [1.54, 1.807) is 4.90 Å². The van der Waals surface area contributed by atoms with Crippen molar-refractivity contribution in [1.29, 1.82) is 5.26 Å². The number of nitrogens with one attached hydrogen (secondary N) is 1. The van der Waals surface area contributed by atoms with E-state index in [1.807, 2.05) is 39.0 Å². The SMILES string of the molecule is CC(C)CC(Cc1ccccc1-c1ccc(N2CCN(C(=O)OC(C)(C)C)CC2)cc1)C(=O)NCC#N. The smallest absolute Gasteiger partial charge is 0.410 e. The van der Waals surface area contributed by atoms with Crippen molar-refractivity contribution in [3.63, 3.8) is 0 Å². The fraction of sp³-hybridized carbons (Fsp3) is 0.500. The van der Waals surface area contributed by atoms with Gasteiger partial charge in [-0.15, -0.1) is 0 Å². The molecule has 0 spiro atoms. The summed E-state index contributed by atoms with van der Waals surface area (Å²) in [7, 11) is 0. The maximum atomic E-state index is 12.7. The summed E-state index contributed by atoms with van der Waals surface area (Å²) in [5.41, 5.74) is 3.98. The van der Waals surface area contributed by atoms with Crippen LogP contribution in [0.25, 0.3) is 11.1 Å². The largest absolute Gasteiger partial charge is 0.444 e. The molecule has 2 aromatic rings. The first kappa shape index (κ1) is 28.0. The number of anilines is 1. The Bertz CT molecular complexity index is 1090. The Morgan fingerprint density at radius 3 is 2.27 bits per heavy atom. The summed E-state index contributed by atoms with van der Waals surface area (Å²) >= 11 is 0. The third kappa shape index (κ3) is 8.24. The van der Waals surface area contributed by atoms with Crippen LogP contribution in [0.1, 0.15) is 46.6 Å². The van der Waals surface area contributed by atoms with E-state index in [1.165, 1.54) is 0 Å². The molecule has 1 heterocycles. The number of hydrogen-bond acceptors (Lipinski definition) is 5. The van der Waals surface area contributed by atoms with Crippen molar-refractivity contribution in [3.05, 3.63) is 54.1 Å². The van der Waals surface area contributed by atoms with Gasteiger partial charge in [0.15, 0.2) is 0 Å². The van der Waals surface area contributed by atoms with Crippen LogP contribution in [0.5, 0.6) is 0 Å². The third-order valence-electron chi connectivity index (χ3n) is 6.43. The molecular weight excluding hydrogens is 464 g/mol. The van der Waals surface area contributed by atoms with Gasteiger partial charge in [0.05, 0.1) is 6.07 Å². The summed E-state index contributed by atoms with van der Waals surface area (Å²) in [6, 6.07) is 18.7. The van der Waals surface area contributed by atoms with Crippen LogP contribution >= 0.6 is 0 Å². The van der Waals surface area contributed by atoms with Crippen LogP contribution in [0.3, 0.4) is 0 Å². The van der Waals surface area contributed by atoms with Crippen LogP contribution < -0.4 is 10.2 Å². The van der Waals surface area contributed by atoms with E-state index in [0.29, 0.717) is 25.4 Å². The quantitative estimate of drug-likeness (QED) is 0.496. The Morgan fingerprint density at radius 1 is 1.03 bits per heavy atom. The molecule has 1 aliphatic rings. The van der Waals surface area contributed by atoms with Crippen LogP contribution in [0, 0.1) is 23.2 Å². The molecule has 0 bridgehead atoms. The second kappa shape index (κ2) is 12.6. The van der Waals surface area contributed by atoms with Crippen LogP contribution in [-0.4, -0.2) is 55.2 Å². The molecule has 0 saturated carbocycles. The summed E-state index contributed by atoms with van der Waals surface area (Å²) < 4.78 is 5.51. The molecule has 7 heteroatoms. The predicted octanol–water partition coefficient (Wildman–Crippen LogP) is 5.26. The predicted molar refractivity (Wildman–Crippen MR) is 147 cm³/mol. The van der Waals surface area contributed by atoms with E-state index in [2.05, 4.69) is 60.5 Å². The summed E-state index contributed by atoms with van der Waals surface area (Å²) in [6.45, 7) is 12.7. The first-order valence-electron chi connectivity index (χ1n) is 13.1. The number of nitriles is 1. The van der Waals surface area contributed by atoms with Crippen molar-refractivity contribution < 1.29 is 14.3 Å². The maximum Gasteiger partial charge on any atom is 0.410 e. The van der Waals surface area contributed by atoms with Gasteiger partial charge in [-0.05, 0) is 68.4 Å². The first-order chi connectivity index (χ1) is 17.6. The lowest BCUT2D eigenvalue weighted by Crippen LogP contribution is -2.50. The van der Waals surface area contributed by atoms with E-state index in [4.69, 9.17) is 10.00 Å². The number of piperazine rings is 1. The van der Waals surface area contributed by atoms with Crippen molar-refractivity contribution in [1.82, 2.24) is 10.2 Å². The maximum absolute atomic E-state index is 12.7. The summed E-state index contributed by atoms with van der Waals surface area (Å²) in [5, 5.41) is 11.6. The van der Waals surface area contributed by atoms with Crippen molar-refractivity contribution in [2.75, 3.05) is 37.6 Å². The Balaban J connectivity index is 1.69. The number of amides is 2. The molecule has 1 aliphatic heterocycles. The van der Waals surface area contributed by atoms with Crippen molar-refractivity contribution >= 4 is 17.7 Å². The number of hydrogen-bond donors (Lipinski definition) is 1. The third-order valence-corrected chi connectivity index (χ3v) is 6.43. The fourth-order valence-corrected chi connectivity index (χ4v) is 4.69. The lowest BCUT2D eigenvalue weighted by Gasteiger charge is -2.36. The van der Waals surface area contributed by atoms with E-state index >= 15 is 0 Å². The highest BCUT2D eigenvalue weighted by atomic mass is 16.6. The average molecular weight is 505 g/mol. The van der Waals surface area contributed by atoms with E-state index in [0.717, 1.165) is 41.9 Å². The highest BCUT2D eigenvalue weighted by molar-refractivity contribution is 5.80. The summed E-state index contributed by atoms with van der Waals surface area (Å²) in [5.74, 6) is 0.126. The molecule has 198 valence electrons. The van der Waals surface area contributed by atoms with Gasteiger partial charge in [-0.1, -0.05) is 50.2 Å². The van der Waals surface area contributed by atoms with Gasteiger partial charge in [-0.2, -0.15) is 5.26 Å². The molecule has 0 radical (unpaired) electrons. The number of nitrogens with zero attached hydrogens (tertiary/aromatic N) is 3. The highest BCUT2D eigenvalue weighted by Gasteiger charge is 2.26. The topological polar surface area (TPSA) is 85.7 Å². The number of benzene rings is 2. The minimum atomic E-state index is -0.490. The molecule has 37 heavy (non-hydrogen) atoms. The lowest BCUT2D eigenvalue weighted by molar-refractivity contribution is -0.125. The van der Waals surface area contributed by atoms with Gasteiger partial charge in [0, 0.05) is 37.8 Å². The van der Waals surface area contributed by atoms with Gasteiger partial charge in [0.1, 0.15) is 12.1 Å². The molecule has 1 saturated heterocycles. The molecule has 2 aromatic carbocycles. The van der Waals surface area contributed by atoms with Crippen molar-refractivity contribution in [2.24, 2.45) is 11.8 Å². The number of carbonyl (C=O) groups is 2. The number of ether oxygens (including phenoxy) is 1. The summed E-state index contributed by atoms with van der Waals surface area (Å²) in [4.78, 5) is 29.2. The zero-order chi connectivity index (χ0) is 27.0. The highest BCUT2D eigenvalue weighted by Crippen LogP contribution is 2.30. The normalized spacial score (nSPS) is 14.7. The van der Waals surface area contributed by atoms with Crippen LogP contribution in [-0.2, 0) is 16.0 Å². The lowest BCUT2D eigenvalue weighted by atomic mass is 9.87. The second-order valence-corrected chi connectivity index (χ2v) is 11.1. The Kier molecular flexibility index (Phi) is 9.57. The second-order valence-electron chi connectivity index (χ2n) is 11.1. The zero-order valence-electron chi connectivity index (χ0n) is 22.8. The molecule has 0 aromatic heterocycles. The number of rotatable bonds is 8. The molecule has 7 nitrogen and oxygen atoms in total. The molecular formula is C30H40N4O3. The van der Waals surface area contributed by atoms with E-state index in [9.17, 15) is 9.59 Å². The van der Waals surface area contributed by atoms with E-state index in [-0.39, 0.29) is 24.5 Å². The fourth-order valence-electron chi connectivity index (χ4n) is 4.69. The molecule has 3 rings (SSSR count). The Labute approximate surface area is 221 Å². The number of carbonyl (C=O) groups excluding carboxylic acids is 2. The molecule has 1 fully saturated rings. The standard InChI is InChI=1S/C30H40N4O3/c1-22(2)20-25(28(35)32-15-14-31)21-24-8-6-7-9-27(24)23-10-12-26(13-11-23)33-16-18-34(19-17-33)29(36)37-30(3,4)5/h6-13,22,25H,15-21H2,1-5H3,(H,32,35). The van der Waals surface area contributed by atoms with Crippen molar-refractivity contribution in [3.8, 4) is 17.2 Å². The Morgan fingerprint density at radius 2 is 1.68 bits per heavy atom. The molecule has 1 atom stereocenters. The van der Waals surface area contributed by atoms with E-state index < -0.39 is 5.60 Å². The van der Waals surface area contributed by atoms with Gasteiger partial charge in [0.2, 0.25) is 5.91 Å². The Hall–Kier alpha value is -3.53. The zero-order valence-corrected chi connectivity index (χ0v) is 22.8.